The Bertz CT molecular complexity index is 816. The van der Waals surface area contributed by atoms with Gasteiger partial charge in [0.1, 0.15) is 0 Å². The first-order valence-corrected chi connectivity index (χ1v) is 11.8. The van der Waals surface area contributed by atoms with Crippen LogP contribution >= 0.6 is 0 Å². The molecule has 4 rings (SSSR count). The van der Waals surface area contributed by atoms with E-state index in [0.29, 0.717) is 31.6 Å². The minimum Gasteiger partial charge on any atom is -0.390 e. The molecule has 1 aromatic rings. The summed E-state index contributed by atoms with van der Waals surface area (Å²) in [6, 6.07) is 6.22. The number of nitrogens with one attached hydrogen (secondary N) is 1. The fourth-order valence-electron chi connectivity index (χ4n) is 4.71. The van der Waals surface area contributed by atoms with Crippen molar-refractivity contribution >= 4 is 21.6 Å². The maximum Gasteiger partial charge on any atom is 0.321 e. The van der Waals surface area contributed by atoms with Crippen LogP contribution in [0.25, 0.3) is 0 Å². The highest BCUT2D eigenvalue weighted by Gasteiger charge is 2.38. The summed E-state index contributed by atoms with van der Waals surface area (Å²) in [5, 5.41) is 12.9. The van der Waals surface area contributed by atoms with Crippen molar-refractivity contribution in [3.05, 3.63) is 24.3 Å². The number of urea groups is 1. The van der Waals surface area contributed by atoms with E-state index < -0.39 is 15.9 Å². The predicted molar refractivity (Wildman–Crippen MR) is 107 cm³/mol. The number of aliphatic hydroxyl groups excluding tert-OH is 1. The number of amides is 2. The Morgan fingerprint density at radius 3 is 2.50 bits per heavy atom. The Morgan fingerprint density at radius 2 is 1.79 bits per heavy atom. The molecule has 2 N–H and O–H groups in total. The molecule has 3 aliphatic rings. The third-order valence-corrected chi connectivity index (χ3v) is 8.57. The number of sulfone groups is 1. The molecule has 2 saturated heterocycles. The molecule has 0 unspecified atom stereocenters. The van der Waals surface area contributed by atoms with Crippen LogP contribution in [0.1, 0.15) is 38.5 Å². The first-order valence-electron chi connectivity index (χ1n) is 10.3. The summed E-state index contributed by atoms with van der Waals surface area (Å²) in [4.78, 5) is 16.8. The van der Waals surface area contributed by atoms with E-state index in [2.05, 4.69) is 10.2 Å². The minimum atomic E-state index is -3.36. The number of benzene rings is 1. The highest BCUT2D eigenvalue weighted by Crippen LogP contribution is 2.30. The monoisotopic (exact) mass is 407 g/mol. The number of carbonyl (C=O) groups is 1. The van der Waals surface area contributed by atoms with Crippen LogP contribution in [0.4, 0.5) is 10.5 Å². The van der Waals surface area contributed by atoms with Gasteiger partial charge in [-0.15, -0.1) is 0 Å². The van der Waals surface area contributed by atoms with Gasteiger partial charge in [-0.05, 0) is 57.0 Å². The third-order valence-electron chi connectivity index (χ3n) is 6.31. The highest BCUT2D eigenvalue weighted by molar-refractivity contribution is 7.92. The summed E-state index contributed by atoms with van der Waals surface area (Å²) in [7, 11) is -3.36. The molecule has 0 aromatic heterocycles. The van der Waals surface area contributed by atoms with E-state index in [4.69, 9.17) is 0 Å². The third kappa shape index (κ3) is 3.90. The SMILES string of the molecule is O=C(Nc1cccc(S(=O)(=O)C2CCCC2)c1)N1C[C@@H](N2CCCC2)[C@@H](O)C1. The minimum absolute atomic E-state index is 0.0117. The number of hydrogen-bond donors (Lipinski definition) is 2. The molecule has 1 aromatic carbocycles. The predicted octanol–water partition coefficient (Wildman–Crippen LogP) is 2.08. The highest BCUT2D eigenvalue weighted by atomic mass is 32.2. The van der Waals surface area contributed by atoms with Crippen LogP contribution in [-0.2, 0) is 9.84 Å². The van der Waals surface area contributed by atoms with Gasteiger partial charge < -0.3 is 15.3 Å². The van der Waals surface area contributed by atoms with Crippen molar-refractivity contribution in [2.24, 2.45) is 0 Å². The maximum absolute atomic E-state index is 12.8. The zero-order valence-electron chi connectivity index (χ0n) is 16.1. The number of hydrogen-bond acceptors (Lipinski definition) is 5. The number of rotatable bonds is 4. The Hall–Kier alpha value is -1.64. The lowest BCUT2D eigenvalue weighted by molar-refractivity contribution is 0.0980. The van der Waals surface area contributed by atoms with Crippen LogP contribution in [0.3, 0.4) is 0 Å². The fraction of sp³-hybridized carbons (Fsp3) is 0.650. The van der Waals surface area contributed by atoms with E-state index in [1.54, 1.807) is 29.2 Å². The quantitative estimate of drug-likeness (QED) is 0.798. The number of carbonyl (C=O) groups excluding carboxylic acids is 1. The Balaban J connectivity index is 1.42. The van der Waals surface area contributed by atoms with Crippen LogP contribution in [0.5, 0.6) is 0 Å². The number of aliphatic hydroxyl groups is 1. The van der Waals surface area contributed by atoms with Crippen LogP contribution in [0.15, 0.2) is 29.2 Å². The van der Waals surface area contributed by atoms with E-state index >= 15 is 0 Å². The molecule has 2 heterocycles. The summed E-state index contributed by atoms with van der Waals surface area (Å²) >= 11 is 0. The van der Waals surface area contributed by atoms with E-state index in [-0.39, 0.29) is 22.2 Å². The second-order valence-corrected chi connectivity index (χ2v) is 10.4. The molecule has 1 aliphatic carbocycles. The number of β-amino-alcohol motifs (C(OH)–C–C–N with tert-alkyl or cyclic N) is 1. The van der Waals surface area contributed by atoms with Gasteiger partial charge in [-0.2, -0.15) is 0 Å². The van der Waals surface area contributed by atoms with Gasteiger partial charge in [0.25, 0.3) is 0 Å². The summed E-state index contributed by atoms with van der Waals surface area (Å²) in [5.74, 6) is 0. The summed E-state index contributed by atoms with van der Waals surface area (Å²) in [6.45, 7) is 2.73. The summed E-state index contributed by atoms with van der Waals surface area (Å²) < 4.78 is 25.6. The molecular weight excluding hydrogens is 378 g/mol. The summed E-state index contributed by atoms with van der Waals surface area (Å²) in [6.07, 6.45) is 5.06. The number of anilines is 1. The van der Waals surface area contributed by atoms with E-state index in [1.165, 1.54) is 0 Å². The largest absolute Gasteiger partial charge is 0.390 e. The molecule has 8 heteroatoms. The van der Waals surface area contributed by atoms with Crippen LogP contribution in [-0.4, -0.2) is 72.9 Å². The topological polar surface area (TPSA) is 90.0 Å². The lowest BCUT2D eigenvalue weighted by Crippen LogP contribution is -2.41. The molecule has 2 atom stereocenters. The van der Waals surface area contributed by atoms with Gasteiger partial charge in [-0.3, -0.25) is 4.90 Å². The first kappa shape index (κ1) is 19.7. The number of likely N-dealkylation sites (tertiary alicyclic amines) is 2. The van der Waals surface area contributed by atoms with E-state index in [9.17, 15) is 18.3 Å². The van der Waals surface area contributed by atoms with Crippen LogP contribution in [0.2, 0.25) is 0 Å². The van der Waals surface area contributed by atoms with Crippen LogP contribution < -0.4 is 5.32 Å². The second kappa shape index (κ2) is 8.00. The standard InChI is InChI=1S/C20H29N3O4S/c24-19-14-23(13-18(19)22-10-3-4-11-22)20(25)21-15-6-5-9-17(12-15)28(26,27)16-7-1-2-8-16/h5-6,9,12,16,18-19,24H,1-4,7-8,10-11,13-14H2,(H,21,25)/t18-,19+/m1/s1. The average Bonchev–Trinajstić information content (AvgIpc) is 3.43. The van der Waals surface area contributed by atoms with Crippen molar-refractivity contribution < 1.29 is 18.3 Å². The van der Waals surface area contributed by atoms with Crippen molar-refractivity contribution in [1.29, 1.82) is 0 Å². The van der Waals surface area contributed by atoms with Gasteiger partial charge in [-0.1, -0.05) is 18.9 Å². The molecule has 2 aliphatic heterocycles. The average molecular weight is 408 g/mol. The van der Waals surface area contributed by atoms with Gasteiger partial charge in [0.15, 0.2) is 9.84 Å². The fourth-order valence-corrected chi connectivity index (χ4v) is 6.61. The Labute approximate surface area is 166 Å². The molecule has 0 bridgehead atoms. The van der Waals surface area contributed by atoms with Gasteiger partial charge in [-0.25, -0.2) is 13.2 Å². The number of nitrogens with zero attached hydrogens (tertiary/aromatic N) is 2. The molecule has 0 spiro atoms. The normalized spacial score (nSPS) is 26.8. The molecule has 2 amide bonds. The molecule has 154 valence electrons. The zero-order chi connectivity index (χ0) is 19.7. The lowest BCUT2D eigenvalue weighted by atomic mass is 10.2. The molecular formula is C20H29N3O4S. The van der Waals surface area contributed by atoms with E-state index in [0.717, 1.165) is 38.8 Å². The smallest absolute Gasteiger partial charge is 0.321 e. The molecule has 7 nitrogen and oxygen atoms in total. The summed E-state index contributed by atoms with van der Waals surface area (Å²) in [5.41, 5.74) is 0.475. The van der Waals surface area contributed by atoms with Crippen molar-refractivity contribution in [3.8, 4) is 0 Å². The molecule has 0 radical (unpaired) electrons. The Morgan fingerprint density at radius 1 is 1.07 bits per heavy atom. The maximum atomic E-state index is 12.8. The van der Waals surface area contributed by atoms with Crippen molar-refractivity contribution in [1.82, 2.24) is 9.80 Å². The van der Waals surface area contributed by atoms with Gasteiger partial charge in [0.05, 0.1) is 28.8 Å². The van der Waals surface area contributed by atoms with Gasteiger partial charge >= 0.3 is 6.03 Å². The Kier molecular flexibility index (Phi) is 5.62. The lowest BCUT2D eigenvalue weighted by Gasteiger charge is -2.25. The van der Waals surface area contributed by atoms with Gasteiger partial charge in [0.2, 0.25) is 0 Å². The van der Waals surface area contributed by atoms with Crippen molar-refractivity contribution in [2.75, 3.05) is 31.5 Å². The second-order valence-electron chi connectivity index (χ2n) is 8.19. The van der Waals surface area contributed by atoms with Gasteiger partial charge in [0, 0.05) is 12.2 Å². The van der Waals surface area contributed by atoms with E-state index in [1.807, 2.05) is 0 Å². The van der Waals surface area contributed by atoms with Crippen molar-refractivity contribution in [3.63, 3.8) is 0 Å². The molecule has 3 fully saturated rings. The first-order chi connectivity index (χ1) is 13.4. The van der Waals surface area contributed by atoms with Crippen LogP contribution in [0, 0.1) is 0 Å². The van der Waals surface area contributed by atoms with Crippen molar-refractivity contribution in [2.45, 2.75) is 60.8 Å². The molecule has 28 heavy (non-hydrogen) atoms. The zero-order valence-corrected chi connectivity index (χ0v) is 16.9. The molecule has 1 saturated carbocycles.